The van der Waals surface area contributed by atoms with E-state index in [4.69, 9.17) is 11.5 Å². The van der Waals surface area contributed by atoms with Crippen LogP contribution in [0.5, 0.6) is 5.75 Å². The molecule has 2 aromatic rings. The lowest BCUT2D eigenvalue weighted by Gasteiger charge is -2.49. The molecule has 0 bridgehead atoms. The normalized spacial score (nSPS) is 26.1. The highest BCUT2D eigenvalue weighted by Crippen LogP contribution is 2.50. The topological polar surface area (TPSA) is 246 Å². The van der Waals surface area contributed by atoms with Gasteiger partial charge in [-0.2, -0.15) is 0 Å². The number of aromatic hydroxyl groups is 1. The molecule has 0 unspecified atom stereocenters. The number of nitrogens with zero attached hydrogens (tertiary/aromatic N) is 2. The third-order valence-electron chi connectivity index (χ3n) is 8.61. The summed E-state index contributed by atoms with van der Waals surface area (Å²) in [5, 5.41) is 32.4. The Bertz CT molecular complexity index is 1720. The van der Waals surface area contributed by atoms with Gasteiger partial charge in [0, 0.05) is 10.5 Å². The molecule has 0 aliphatic carbocycles. The zero-order valence-corrected chi connectivity index (χ0v) is 28.2. The van der Waals surface area contributed by atoms with Crippen molar-refractivity contribution in [3.8, 4) is 5.75 Å². The zero-order chi connectivity index (χ0) is 35.9. The maximum atomic E-state index is 12.3. The third-order valence-corrected chi connectivity index (χ3v) is 11.6. The van der Waals surface area contributed by atoms with Gasteiger partial charge in [-0.05, 0) is 49.6 Å². The second-order valence-electron chi connectivity index (χ2n) is 12.4. The van der Waals surface area contributed by atoms with E-state index < -0.39 is 81.3 Å². The number of β-lactam (4-membered cyclic amide) rings is 2. The monoisotopic (exact) mass is 712 g/mol. The Morgan fingerprint density at radius 1 is 0.857 bits per heavy atom. The van der Waals surface area contributed by atoms with Crippen molar-refractivity contribution in [2.75, 3.05) is 5.75 Å². The number of rotatable bonds is 8. The Hall–Kier alpha value is -4.58. The van der Waals surface area contributed by atoms with Crippen molar-refractivity contribution in [1.29, 1.82) is 0 Å². The second-order valence-corrected chi connectivity index (χ2v) is 15.2. The van der Waals surface area contributed by atoms with Gasteiger partial charge in [0.15, 0.2) is 0 Å². The van der Waals surface area contributed by atoms with Crippen molar-refractivity contribution < 1.29 is 44.1 Å². The van der Waals surface area contributed by atoms with Crippen LogP contribution >= 0.6 is 23.5 Å². The number of phenolic OH excluding ortho intramolecular Hbond substituents is 1. The lowest BCUT2D eigenvalue weighted by atomic mass is 9.95. The first kappa shape index (κ1) is 35.7. The number of aliphatic carboxylic acids is 2. The molecule has 3 fully saturated rings. The molecule has 0 spiro atoms. The van der Waals surface area contributed by atoms with Gasteiger partial charge in [0.25, 0.3) is 5.91 Å². The van der Waals surface area contributed by atoms with E-state index in [2.05, 4.69) is 10.6 Å². The number of hydrogen-bond donors (Lipinski definition) is 7. The first-order valence-electron chi connectivity index (χ1n) is 15.1. The van der Waals surface area contributed by atoms with Crippen LogP contribution in [0, 0.1) is 0 Å². The number of thioether (sulfide) groups is 2. The number of carbonyl (C=O) groups excluding carboxylic acids is 4. The molecule has 6 rings (SSSR count). The van der Waals surface area contributed by atoms with E-state index in [-0.39, 0.29) is 11.4 Å². The van der Waals surface area contributed by atoms with Gasteiger partial charge in [0.1, 0.15) is 52.4 Å². The minimum atomic E-state index is -1.13. The molecule has 9 N–H and O–H groups in total. The van der Waals surface area contributed by atoms with Crippen LogP contribution < -0.4 is 22.1 Å². The van der Waals surface area contributed by atoms with Gasteiger partial charge in [-0.1, -0.05) is 42.5 Å². The highest BCUT2D eigenvalue weighted by molar-refractivity contribution is 8.01. The molecule has 4 aliphatic rings. The molecule has 4 heterocycles. The Morgan fingerprint density at radius 2 is 1.39 bits per heavy atom. The fraction of sp³-hybridized carbons (Fsp3) is 0.375. The van der Waals surface area contributed by atoms with Crippen molar-refractivity contribution in [2.45, 2.75) is 66.5 Å². The maximum absolute atomic E-state index is 12.3. The SMILES string of the molecule is CC1(C)S[C@@H]2[C@H](NC(=O)[C@H](N)c3ccc(O)cc3)C(=O)N2[C@H]1C(=O)O.CC1=C(C(=O)O)N2C(=O)[C@@H](NC(=O)[C@H](N)c3ccccc3)[C@H]2SC1. The van der Waals surface area contributed by atoms with E-state index >= 15 is 0 Å². The number of nitrogens with two attached hydrogens (primary N) is 2. The summed E-state index contributed by atoms with van der Waals surface area (Å²) in [5.41, 5.74) is 13.6. The predicted octanol–water partition coefficient (Wildman–Crippen LogP) is 0.469. The largest absolute Gasteiger partial charge is 0.508 e. The molecule has 15 nitrogen and oxygen atoms in total. The number of benzene rings is 2. The summed E-state index contributed by atoms with van der Waals surface area (Å²) in [6.45, 7) is 5.23. The highest BCUT2D eigenvalue weighted by atomic mass is 32.2. The van der Waals surface area contributed by atoms with E-state index in [1.54, 1.807) is 45.0 Å². The maximum Gasteiger partial charge on any atom is 0.352 e. The molecule has 0 saturated carbocycles. The molecule has 4 amide bonds. The quantitative estimate of drug-likeness (QED) is 0.184. The fourth-order valence-corrected chi connectivity index (χ4v) is 8.97. The molecule has 17 heteroatoms. The van der Waals surface area contributed by atoms with Crippen LogP contribution in [-0.4, -0.2) is 100 Å². The standard InChI is InChI=1S/C16H19N3O5S.C16H17N3O4S/c1-16(2)11(15(23)24)19-13(22)10(14(19)25-16)18-12(21)9(17)7-3-5-8(20)6-4-7;1-8-7-24-15-11(14(21)19(15)12(8)16(22)23)18-13(20)10(17)9-5-3-2-4-6-9/h3-6,9-11,14,20H,17H2,1-2H3,(H,18,21)(H,23,24);2-6,10-11,15H,7,17H2,1H3,(H,18,20)(H,22,23)/t9-,10-,11+,14-;10-,11-,15-/m11/s1. The van der Waals surface area contributed by atoms with Crippen LogP contribution in [0.2, 0.25) is 0 Å². The van der Waals surface area contributed by atoms with Crippen LogP contribution in [0.15, 0.2) is 65.9 Å². The van der Waals surface area contributed by atoms with Gasteiger partial charge in [-0.25, -0.2) is 9.59 Å². The first-order chi connectivity index (χ1) is 23.0. The van der Waals surface area contributed by atoms with E-state index in [9.17, 15) is 44.1 Å². The highest BCUT2D eigenvalue weighted by Gasteiger charge is 2.64. The average Bonchev–Trinajstić information content (AvgIpc) is 3.33. The lowest BCUT2D eigenvalue weighted by molar-refractivity contribution is -0.161. The van der Waals surface area contributed by atoms with E-state index in [1.165, 1.54) is 57.6 Å². The summed E-state index contributed by atoms with van der Waals surface area (Å²) in [6, 6.07) is 10.4. The minimum absolute atomic E-state index is 0.0154. The Kier molecular flexibility index (Phi) is 10.0. The Labute approximate surface area is 289 Å². The van der Waals surface area contributed by atoms with Crippen molar-refractivity contribution in [2.24, 2.45) is 11.5 Å². The van der Waals surface area contributed by atoms with E-state index in [0.29, 0.717) is 22.5 Å². The van der Waals surface area contributed by atoms with Crippen LogP contribution in [0.1, 0.15) is 44.0 Å². The van der Waals surface area contributed by atoms with Crippen LogP contribution in [0.25, 0.3) is 0 Å². The van der Waals surface area contributed by atoms with Gasteiger partial charge in [0.2, 0.25) is 17.7 Å². The number of nitrogens with one attached hydrogen (secondary N) is 2. The molecule has 260 valence electrons. The van der Waals surface area contributed by atoms with Crippen molar-refractivity contribution in [3.63, 3.8) is 0 Å². The van der Waals surface area contributed by atoms with Crippen molar-refractivity contribution in [3.05, 3.63) is 77.0 Å². The molecule has 2 aromatic carbocycles. The van der Waals surface area contributed by atoms with Gasteiger partial charge in [-0.15, -0.1) is 23.5 Å². The summed E-state index contributed by atoms with van der Waals surface area (Å²) in [5.74, 6) is -3.43. The van der Waals surface area contributed by atoms with Crippen LogP contribution in [-0.2, 0) is 28.8 Å². The van der Waals surface area contributed by atoms with Crippen LogP contribution in [0.4, 0.5) is 0 Å². The lowest BCUT2D eigenvalue weighted by Crippen LogP contribution is -2.71. The minimum Gasteiger partial charge on any atom is -0.508 e. The van der Waals surface area contributed by atoms with Gasteiger partial charge >= 0.3 is 11.9 Å². The number of carboxylic acid groups (broad SMARTS) is 2. The van der Waals surface area contributed by atoms with Crippen molar-refractivity contribution >= 4 is 59.1 Å². The van der Waals surface area contributed by atoms with E-state index in [0.717, 1.165) is 0 Å². The molecule has 4 aliphatic heterocycles. The van der Waals surface area contributed by atoms with Gasteiger partial charge in [-0.3, -0.25) is 24.1 Å². The van der Waals surface area contributed by atoms with Gasteiger partial charge < -0.3 is 42.3 Å². The van der Waals surface area contributed by atoms with E-state index in [1.807, 2.05) is 6.07 Å². The Morgan fingerprint density at radius 3 is 1.92 bits per heavy atom. The van der Waals surface area contributed by atoms with Crippen LogP contribution in [0.3, 0.4) is 0 Å². The molecule has 0 aromatic heterocycles. The smallest absolute Gasteiger partial charge is 0.352 e. The fourth-order valence-electron chi connectivity index (χ4n) is 6.05. The zero-order valence-electron chi connectivity index (χ0n) is 26.6. The summed E-state index contributed by atoms with van der Waals surface area (Å²) >= 11 is 2.78. The summed E-state index contributed by atoms with van der Waals surface area (Å²) in [7, 11) is 0. The molecule has 49 heavy (non-hydrogen) atoms. The van der Waals surface area contributed by atoms with Gasteiger partial charge in [0.05, 0.1) is 0 Å². The predicted molar refractivity (Wildman–Crippen MR) is 179 cm³/mol. The number of carboxylic acids is 2. The molecule has 3 saturated heterocycles. The molecule has 7 atom stereocenters. The average molecular weight is 713 g/mol. The summed E-state index contributed by atoms with van der Waals surface area (Å²) < 4.78 is -0.648. The number of phenols is 1. The number of hydrogen-bond acceptors (Lipinski definition) is 11. The summed E-state index contributed by atoms with van der Waals surface area (Å²) in [6.07, 6.45) is 0. The first-order valence-corrected chi connectivity index (χ1v) is 17.0. The second kappa shape index (κ2) is 13.7. The molecular formula is C32H36N6O9S2. The molecular weight excluding hydrogens is 677 g/mol. The number of carbonyl (C=O) groups is 6. The molecule has 0 radical (unpaired) electrons. The number of amides is 4. The van der Waals surface area contributed by atoms with Crippen molar-refractivity contribution in [1.82, 2.24) is 20.4 Å². The summed E-state index contributed by atoms with van der Waals surface area (Å²) in [4.78, 5) is 74.7. The third kappa shape index (κ3) is 6.70. The Balaban J connectivity index is 0.000000191. The number of fused-ring (bicyclic) bond motifs is 2.